The van der Waals surface area contributed by atoms with Gasteiger partial charge >= 0.3 is 0 Å². The van der Waals surface area contributed by atoms with Gasteiger partial charge in [0.25, 0.3) is 5.91 Å². The third-order valence-electron chi connectivity index (χ3n) is 5.92. The van der Waals surface area contributed by atoms with Gasteiger partial charge in [0.2, 0.25) is 0 Å². The van der Waals surface area contributed by atoms with Crippen LogP contribution < -0.4 is 5.32 Å². The smallest absolute Gasteiger partial charge is 0.253 e. The highest BCUT2D eigenvalue weighted by Crippen LogP contribution is 2.75. The predicted molar refractivity (Wildman–Crippen MR) is 92.5 cm³/mol. The van der Waals surface area contributed by atoms with Crippen LogP contribution in [0.25, 0.3) is 0 Å². The van der Waals surface area contributed by atoms with Gasteiger partial charge in [0.15, 0.2) is 0 Å². The second-order valence-corrected chi connectivity index (χ2v) is 7.87. The van der Waals surface area contributed by atoms with Crippen LogP contribution >= 0.6 is 0 Å². The average molecular weight is 321 g/mol. The van der Waals surface area contributed by atoms with Crippen LogP contribution in [-0.4, -0.2) is 22.1 Å². The minimum atomic E-state index is -0.0397. The van der Waals surface area contributed by atoms with E-state index in [1.54, 1.807) is 12.3 Å². The highest BCUT2D eigenvalue weighted by molar-refractivity contribution is 5.94. The zero-order valence-electron chi connectivity index (χ0n) is 14.2. The van der Waals surface area contributed by atoms with Crippen molar-refractivity contribution in [3.05, 3.63) is 59.9 Å². The first-order chi connectivity index (χ1) is 11.5. The standard InChI is InChI=1S/C20H23N3O/c1-14(2)17(23-18(24)15-8-9-21-22-10-15)20-11-19(12-20,13-20)16-6-4-3-5-7-16/h3-10,14,17H,11-13H2,1-2H3,(H,23,24). The predicted octanol–water partition coefficient (Wildman–Crippen LogP) is 3.35. The molecule has 3 aliphatic carbocycles. The van der Waals surface area contributed by atoms with Gasteiger partial charge in [-0.25, -0.2) is 0 Å². The third-order valence-corrected chi connectivity index (χ3v) is 5.92. The van der Waals surface area contributed by atoms with Crippen LogP contribution in [0.4, 0.5) is 0 Å². The highest BCUT2D eigenvalue weighted by atomic mass is 16.1. The summed E-state index contributed by atoms with van der Waals surface area (Å²) in [4.78, 5) is 12.5. The molecule has 2 bridgehead atoms. The number of amides is 1. The molecule has 1 atom stereocenters. The van der Waals surface area contributed by atoms with E-state index in [0.717, 1.165) is 0 Å². The van der Waals surface area contributed by atoms with E-state index in [1.165, 1.54) is 31.0 Å². The van der Waals surface area contributed by atoms with E-state index in [9.17, 15) is 4.79 Å². The maximum Gasteiger partial charge on any atom is 0.253 e. The first-order valence-electron chi connectivity index (χ1n) is 8.68. The summed E-state index contributed by atoms with van der Waals surface area (Å²) in [6, 6.07) is 12.7. The molecule has 3 aliphatic rings. The fraction of sp³-hybridized carbons (Fsp3) is 0.450. The Balaban J connectivity index is 1.48. The topological polar surface area (TPSA) is 54.9 Å². The molecule has 0 spiro atoms. The lowest BCUT2D eigenvalue weighted by Crippen LogP contribution is -2.72. The average Bonchev–Trinajstić information content (AvgIpc) is 2.53. The number of nitrogens with zero attached hydrogens (tertiary/aromatic N) is 2. The van der Waals surface area contributed by atoms with Crippen molar-refractivity contribution in [1.29, 1.82) is 0 Å². The third kappa shape index (κ3) is 2.24. The van der Waals surface area contributed by atoms with Gasteiger partial charge in [-0.05, 0) is 47.6 Å². The minimum Gasteiger partial charge on any atom is -0.348 e. The van der Waals surface area contributed by atoms with Gasteiger partial charge in [-0.1, -0.05) is 44.2 Å². The van der Waals surface area contributed by atoms with E-state index in [-0.39, 0.29) is 17.4 Å². The van der Waals surface area contributed by atoms with Crippen LogP contribution in [0.2, 0.25) is 0 Å². The number of hydrogen-bond acceptors (Lipinski definition) is 3. The van der Waals surface area contributed by atoms with Crippen LogP contribution in [0.5, 0.6) is 0 Å². The first kappa shape index (κ1) is 15.3. The summed E-state index contributed by atoms with van der Waals surface area (Å²) in [5, 5.41) is 10.8. The number of carbonyl (C=O) groups excluding carboxylic acids is 1. The number of aromatic nitrogens is 2. The zero-order valence-corrected chi connectivity index (χ0v) is 14.2. The molecule has 1 N–H and O–H groups in total. The summed E-state index contributed by atoms with van der Waals surface area (Å²) in [7, 11) is 0. The van der Waals surface area contributed by atoms with E-state index >= 15 is 0 Å². The summed E-state index contributed by atoms with van der Waals surface area (Å²) in [5.41, 5.74) is 2.66. The van der Waals surface area contributed by atoms with Crippen molar-refractivity contribution in [3.63, 3.8) is 0 Å². The molecule has 24 heavy (non-hydrogen) atoms. The van der Waals surface area contributed by atoms with Crippen molar-refractivity contribution >= 4 is 5.91 Å². The summed E-state index contributed by atoms with van der Waals surface area (Å²) in [6.45, 7) is 4.40. The van der Waals surface area contributed by atoms with E-state index < -0.39 is 0 Å². The van der Waals surface area contributed by atoms with Crippen LogP contribution in [0, 0.1) is 11.3 Å². The lowest BCUT2D eigenvalue weighted by molar-refractivity contribution is -0.170. The quantitative estimate of drug-likeness (QED) is 0.919. The fourth-order valence-electron chi connectivity index (χ4n) is 4.97. The van der Waals surface area contributed by atoms with Crippen molar-refractivity contribution in [2.75, 3.05) is 0 Å². The van der Waals surface area contributed by atoms with Crippen LogP contribution in [-0.2, 0) is 5.41 Å². The molecule has 3 saturated carbocycles. The van der Waals surface area contributed by atoms with Gasteiger partial charge in [-0.3, -0.25) is 4.79 Å². The molecule has 1 heterocycles. The Hall–Kier alpha value is -2.23. The minimum absolute atomic E-state index is 0.0397. The second-order valence-electron chi connectivity index (χ2n) is 7.87. The normalized spacial score (nSPS) is 28.6. The van der Waals surface area contributed by atoms with Gasteiger partial charge in [-0.2, -0.15) is 10.2 Å². The van der Waals surface area contributed by atoms with Crippen molar-refractivity contribution < 1.29 is 4.79 Å². The molecule has 1 aromatic carbocycles. The number of hydrogen-bond donors (Lipinski definition) is 1. The molecule has 4 heteroatoms. The van der Waals surface area contributed by atoms with E-state index in [2.05, 4.69) is 59.7 Å². The summed E-state index contributed by atoms with van der Waals surface area (Å²) < 4.78 is 0. The summed E-state index contributed by atoms with van der Waals surface area (Å²) >= 11 is 0. The number of nitrogens with one attached hydrogen (secondary N) is 1. The Kier molecular flexibility index (Phi) is 3.44. The number of rotatable bonds is 5. The van der Waals surface area contributed by atoms with Gasteiger partial charge in [0, 0.05) is 6.04 Å². The molecule has 1 amide bonds. The van der Waals surface area contributed by atoms with Gasteiger partial charge < -0.3 is 5.32 Å². The van der Waals surface area contributed by atoms with E-state index in [4.69, 9.17) is 0 Å². The van der Waals surface area contributed by atoms with Crippen LogP contribution in [0.15, 0.2) is 48.8 Å². The largest absolute Gasteiger partial charge is 0.348 e. The fourth-order valence-corrected chi connectivity index (χ4v) is 4.97. The van der Waals surface area contributed by atoms with Crippen molar-refractivity contribution in [3.8, 4) is 0 Å². The molecule has 3 fully saturated rings. The highest BCUT2D eigenvalue weighted by Gasteiger charge is 2.71. The summed E-state index contributed by atoms with van der Waals surface area (Å²) in [6.07, 6.45) is 6.64. The Morgan fingerprint density at radius 3 is 2.38 bits per heavy atom. The first-order valence-corrected chi connectivity index (χ1v) is 8.68. The molecule has 0 saturated heterocycles. The Morgan fingerprint density at radius 1 is 1.08 bits per heavy atom. The monoisotopic (exact) mass is 321 g/mol. The molecular weight excluding hydrogens is 298 g/mol. The van der Waals surface area contributed by atoms with Crippen LogP contribution in [0.3, 0.4) is 0 Å². The molecule has 0 radical (unpaired) electrons. The molecule has 0 aliphatic heterocycles. The molecule has 124 valence electrons. The Bertz CT molecular complexity index is 722. The maximum absolute atomic E-state index is 12.5. The molecule has 1 unspecified atom stereocenters. The SMILES string of the molecule is CC(C)C(NC(=O)c1ccnnc1)C12CC(c3ccccc3)(C1)C2. The van der Waals surface area contributed by atoms with Gasteiger partial charge in [-0.15, -0.1) is 0 Å². The Morgan fingerprint density at radius 2 is 1.79 bits per heavy atom. The van der Waals surface area contributed by atoms with Gasteiger partial charge in [0.1, 0.15) is 0 Å². The molecule has 2 aromatic rings. The van der Waals surface area contributed by atoms with Crippen molar-refractivity contribution in [2.24, 2.45) is 11.3 Å². The second kappa shape index (κ2) is 5.40. The van der Waals surface area contributed by atoms with Crippen molar-refractivity contribution in [2.45, 2.75) is 44.6 Å². The molecule has 5 rings (SSSR count). The van der Waals surface area contributed by atoms with Crippen LogP contribution in [0.1, 0.15) is 49.0 Å². The van der Waals surface area contributed by atoms with Crippen molar-refractivity contribution in [1.82, 2.24) is 15.5 Å². The Labute approximate surface area is 142 Å². The van der Waals surface area contributed by atoms with E-state index in [0.29, 0.717) is 16.9 Å². The summed E-state index contributed by atoms with van der Waals surface area (Å²) in [5.74, 6) is 0.375. The van der Waals surface area contributed by atoms with E-state index in [1.807, 2.05) is 0 Å². The lowest BCUT2D eigenvalue weighted by Gasteiger charge is -2.74. The number of benzene rings is 1. The molecule has 4 nitrogen and oxygen atoms in total. The zero-order chi connectivity index (χ0) is 16.8. The number of carbonyl (C=O) groups is 1. The maximum atomic E-state index is 12.5. The van der Waals surface area contributed by atoms with Gasteiger partial charge in [0.05, 0.1) is 18.0 Å². The molecule has 1 aromatic heterocycles. The molecular formula is C20H23N3O. The lowest BCUT2D eigenvalue weighted by atomic mass is 9.31.